The van der Waals surface area contributed by atoms with Crippen molar-refractivity contribution in [1.29, 1.82) is 0 Å². The molecule has 1 aromatic heterocycles. The highest BCUT2D eigenvalue weighted by Crippen LogP contribution is 2.30. The first-order chi connectivity index (χ1) is 12.3. The van der Waals surface area contributed by atoms with Crippen LogP contribution in [0.15, 0.2) is 28.7 Å². The van der Waals surface area contributed by atoms with E-state index in [4.69, 9.17) is 4.42 Å². The van der Waals surface area contributed by atoms with E-state index in [1.165, 1.54) is 12.8 Å². The number of nitrogens with zero attached hydrogens (tertiary/aromatic N) is 1. The highest BCUT2D eigenvalue weighted by Gasteiger charge is 2.39. The fourth-order valence-electron chi connectivity index (χ4n) is 4.35. The number of carbonyl (C=O) groups is 1. The summed E-state index contributed by atoms with van der Waals surface area (Å²) in [6, 6.07) is 9.14. The second-order valence-electron chi connectivity index (χ2n) is 7.30. The molecule has 5 rings (SSSR count). The molecule has 0 aliphatic carbocycles. The molecule has 25 heavy (non-hydrogen) atoms. The highest BCUT2D eigenvalue weighted by molar-refractivity contribution is 7.99. The monoisotopic (exact) mass is 357 g/mol. The summed E-state index contributed by atoms with van der Waals surface area (Å²) in [5, 5.41) is 7.79. The average Bonchev–Trinajstić information content (AvgIpc) is 3.36. The Morgan fingerprint density at radius 3 is 2.88 bits per heavy atom. The molecular weight excluding hydrogens is 334 g/mol. The van der Waals surface area contributed by atoms with E-state index in [0.29, 0.717) is 12.1 Å². The number of benzene rings is 1. The minimum Gasteiger partial charge on any atom is -0.441 e. The maximum atomic E-state index is 12.6. The fourth-order valence-corrected chi connectivity index (χ4v) is 5.25. The van der Waals surface area contributed by atoms with Crippen LogP contribution in [0.25, 0.3) is 11.0 Å². The lowest BCUT2D eigenvalue weighted by atomic mass is 9.95. The number of thioether (sulfide) groups is 1. The SMILES string of the molecule is O=C(N[C@@H]1C[C@H]2CC[C@@H]1N2)c1ccc2oc(N3CCSCC3)cc2c1. The van der Waals surface area contributed by atoms with Crippen LogP contribution in [0.1, 0.15) is 29.6 Å². The number of fused-ring (bicyclic) bond motifs is 3. The Morgan fingerprint density at radius 1 is 1.24 bits per heavy atom. The lowest BCUT2D eigenvalue weighted by Gasteiger charge is -2.25. The van der Waals surface area contributed by atoms with Gasteiger partial charge in [-0.05, 0) is 37.5 Å². The van der Waals surface area contributed by atoms with Gasteiger partial charge in [-0.3, -0.25) is 4.79 Å². The summed E-state index contributed by atoms with van der Waals surface area (Å²) in [5.41, 5.74) is 1.57. The van der Waals surface area contributed by atoms with Gasteiger partial charge in [0.05, 0.1) is 0 Å². The first kappa shape index (κ1) is 15.6. The largest absolute Gasteiger partial charge is 0.441 e. The van der Waals surface area contributed by atoms with Crippen molar-refractivity contribution in [3.8, 4) is 0 Å². The van der Waals surface area contributed by atoms with Crippen LogP contribution in [0, 0.1) is 0 Å². The van der Waals surface area contributed by atoms with Gasteiger partial charge in [0.1, 0.15) is 5.58 Å². The van der Waals surface area contributed by atoms with Gasteiger partial charge in [-0.25, -0.2) is 0 Å². The summed E-state index contributed by atoms with van der Waals surface area (Å²) in [6.07, 6.45) is 3.48. The van der Waals surface area contributed by atoms with E-state index in [1.54, 1.807) is 0 Å². The molecule has 1 amide bonds. The zero-order valence-electron chi connectivity index (χ0n) is 14.2. The van der Waals surface area contributed by atoms with Crippen LogP contribution in [-0.2, 0) is 0 Å². The number of furan rings is 1. The number of rotatable bonds is 3. The Bertz CT molecular complexity index is 799. The Kier molecular flexibility index (Phi) is 3.90. The molecule has 2 aromatic rings. The number of amides is 1. The standard InChI is InChI=1S/C19H23N3O2S/c23-19(21-16-11-14-2-3-15(16)20-14)12-1-4-17-13(9-12)10-18(24-17)22-5-7-25-8-6-22/h1,4,9-10,14-16,20H,2-3,5-8,11H2,(H,21,23)/t14-,15+,16-/m1/s1. The van der Waals surface area contributed by atoms with Gasteiger partial charge in [-0.2, -0.15) is 11.8 Å². The van der Waals surface area contributed by atoms with Crippen LogP contribution in [0.3, 0.4) is 0 Å². The summed E-state index contributed by atoms with van der Waals surface area (Å²) < 4.78 is 5.99. The second kappa shape index (κ2) is 6.25. The molecule has 0 radical (unpaired) electrons. The Labute approximate surface area is 151 Å². The van der Waals surface area contributed by atoms with Gasteiger partial charge in [0.15, 0.2) is 5.88 Å². The number of carbonyl (C=O) groups excluding carboxylic acids is 1. The van der Waals surface area contributed by atoms with Crippen LogP contribution >= 0.6 is 11.8 Å². The van der Waals surface area contributed by atoms with E-state index < -0.39 is 0 Å². The van der Waals surface area contributed by atoms with Crippen molar-refractivity contribution in [3.63, 3.8) is 0 Å². The summed E-state index contributed by atoms with van der Waals surface area (Å²) in [7, 11) is 0. The third-order valence-electron chi connectivity index (χ3n) is 5.70. The van der Waals surface area contributed by atoms with Crippen molar-refractivity contribution in [1.82, 2.24) is 10.6 Å². The third kappa shape index (κ3) is 2.91. The molecule has 5 nitrogen and oxygen atoms in total. The number of nitrogens with one attached hydrogen (secondary N) is 2. The number of hydrogen-bond acceptors (Lipinski definition) is 5. The van der Waals surface area contributed by atoms with Crippen molar-refractivity contribution in [3.05, 3.63) is 29.8 Å². The Balaban J connectivity index is 1.34. The molecule has 132 valence electrons. The fraction of sp³-hybridized carbons (Fsp3) is 0.526. The van der Waals surface area contributed by atoms with E-state index in [1.807, 2.05) is 30.0 Å². The van der Waals surface area contributed by atoms with Crippen LogP contribution < -0.4 is 15.5 Å². The first-order valence-corrected chi connectivity index (χ1v) is 10.3. The molecule has 3 saturated heterocycles. The zero-order valence-corrected chi connectivity index (χ0v) is 15.0. The summed E-state index contributed by atoms with van der Waals surface area (Å²) in [5.74, 6) is 3.23. The molecule has 0 saturated carbocycles. The van der Waals surface area contributed by atoms with Crippen LogP contribution in [0.2, 0.25) is 0 Å². The molecule has 0 unspecified atom stereocenters. The number of anilines is 1. The third-order valence-corrected chi connectivity index (χ3v) is 6.65. The van der Waals surface area contributed by atoms with Gasteiger partial charge < -0.3 is 20.0 Å². The molecule has 3 atom stereocenters. The predicted molar refractivity (Wildman–Crippen MR) is 102 cm³/mol. The topological polar surface area (TPSA) is 57.5 Å². The minimum atomic E-state index is 0.0263. The van der Waals surface area contributed by atoms with Gasteiger partial charge in [-0.15, -0.1) is 0 Å². The normalized spacial score (nSPS) is 28.6. The highest BCUT2D eigenvalue weighted by atomic mass is 32.2. The molecule has 3 fully saturated rings. The summed E-state index contributed by atoms with van der Waals surface area (Å²) >= 11 is 1.99. The lowest BCUT2D eigenvalue weighted by Crippen LogP contribution is -2.42. The molecule has 2 N–H and O–H groups in total. The predicted octanol–water partition coefficient (Wildman–Crippen LogP) is 2.61. The molecular formula is C19H23N3O2S. The summed E-state index contributed by atoms with van der Waals surface area (Å²) in [4.78, 5) is 14.9. The molecule has 2 bridgehead atoms. The van der Waals surface area contributed by atoms with E-state index in [9.17, 15) is 4.79 Å². The lowest BCUT2D eigenvalue weighted by molar-refractivity contribution is 0.0931. The van der Waals surface area contributed by atoms with Crippen molar-refractivity contribution >= 4 is 34.5 Å². The Morgan fingerprint density at radius 2 is 2.12 bits per heavy atom. The van der Waals surface area contributed by atoms with Gasteiger partial charge >= 0.3 is 0 Å². The summed E-state index contributed by atoms with van der Waals surface area (Å²) in [6.45, 7) is 2.05. The van der Waals surface area contributed by atoms with Crippen molar-refractivity contribution < 1.29 is 9.21 Å². The maximum absolute atomic E-state index is 12.6. The van der Waals surface area contributed by atoms with Crippen LogP contribution in [0.5, 0.6) is 0 Å². The van der Waals surface area contributed by atoms with Crippen molar-refractivity contribution in [2.75, 3.05) is 29.5 Å². The first-order valence-electron chi connectivity index (χ1n) is 9.19. The molecule has 4 heterocycles. The van der Waals surface area contributed by atoms with Crippen LogP contribution in [-0.4, -0.2) is 48.6 Å². The molecule has 0 spiro atoms. The average molecular weight is 357 g/mol. The van der Waals surface area contributed by atoms with E-state index in [0.717, 1.165) is 53.4 Å². The van der Waals surface area contributed by atoms with Crippen molar-refractivity contribution in [2.45, 2.75) is 37.4 Å². The number of hydrogen-bond donors (Lipinski definition) is 2. The molecule has 1 aromatic carbocycles. The molecule has 3 aliphatic heterocycles. The zero-order chi connectivity index (χ0) is 16.8. The maximum Gasteiger partial charge on any atom is 0.251 e. The smallest absolute Gasteiger partial charge is 0.251 e. The van der Waals surface area contributed by atoms with Gasteiger partial charge in [0, 0.05) is 59.7 Å². The van der Waals surface area contributed by atoms with E-state index in [-0.39, 0.29) is 11.9 Å². The second-order valence-corrected chi connectivity index (χ2v) is 8.52. The van der Waals surface area contributed by atoms with Gasteiger partial charge in [0.25, 0.3) is 5.91 Å². The van der Waals surface area contributed by atoms with Gasteiger partial charge in [-0.1, -0.05) is 0 Å². The van der Waals surface area contributed by atoms with Gasteiger partial charge in [0.2, 0.25) is 0 Å². The van der Waals surface area contributed by atoms with E-state index >= 15 is 0 Å². The molecule has 3 aliphatic rings. The van der Waals surface area contributed by atoms with E-state index in [2.05, 4.69) is 21.6 Å². The quantitative estimate of drug-likeness (QED) is 0.884. The molecule has 6 heteroatoms. The Hall–Kier alpha value is -1.66. The van der Waals surface area contributed by atoms with Crippen molar-refractivity contribution in [2.24, 2.45) is 0 Å². The minimum absolute atomic E-state index is 0.0263. The van der Waals surface area contributed by atoms with Crippen LogP contribution in [0.4, 0.5) is 5.88 Å².